The maximum Gasteiger partial charge on any atom is 0.274 e. The molecule has 4 rings (SSSR count). The molecule has 0 atom stereocenters. The third-order valence-electron chi connectivity index (χ3n) is 5.30. The van der Waals surface area contributed by atoms with Gasteiger partial charge in [-0.15, -0.1) is 0 Å². The van der Waals surface area contributed by atoms with Crippen molar-refractivity contribution in [2.75, 3.05) is 26.2 Å². The number of H-pyrrole nitrogens is 1. The number of hydrogen-bond acceptors (Lipinski definition) is 3. The SMILES string of the molecule is O=C(c1cccc(Cl)c1Cl)N1CCN(C(=O)c2n[nH]c3c2CCCC3)CC1. The van der Waals surface area contributed by atoms with Crippen molar-refractivity contribution in [2.24, 2.45) is 0 Å². The van der Waals surface area contributed by atoms with Gasteiger partial charge in [0, 0.05) is 37.4 Å². The van der Waals surface area contributed by atoms with Crippen LogP contribution in [0.25, 0.3) is 0 Å². The van der Waals surface area contributed by atoms with Gasteiger partial charge in [0.25, 0.3) is 11.8 Å². The van der Waals surface area contributed by atoms with E-state index in [-0.39, 0.29) is 16.8 Å². The number of piperazine rings is 1. The number of nitrogens with zero attached hydrogens (tertiary/aromatic N) is 3. The van der Waals surface area contributed by atoms with Gasteiger partial charge < -0.3 is 9.80 Å². The molecule has 0 bridgehead atoms. The highest BCUT2D eigenvalue weighted by molar-refractivity contribution is 6.43. The summed E-state index contributed by atoms with van der Waals surface area (Å²) in [6.07, 6.45) is 4.09. The van der Waals surface area contributed by atoms with E-state index >= 15 is 0 Å². The van der Waals surface area contributed by atoms with Gasteiger partial charge >= 0.3 is 0 Å². The molecular weight excluding hydrogens is 387 g/mol. The smallest absolute Gasteiger partial charge is 0.274 e. The maximum atomic E-state index is 12.9. The minimum atomic E-state index is -0.160. The second kappa shape index (κ2) is 7.52. The van der Waals surface area contributed by atoms with E-state index in [2.05, 4.69) is 10.2 Å². The van der Waals surface area contributed by atoms with Gasteiger partial charge in [-0.25, -0.2) is 0 Å². The molecule has 1 aliphatic heterocycles. The molecule has 0 unspecified atom stereocenters. The number of aromatic amines is 1. The summed E-state index contributed by atoms with van der Waals surface area (Å²) in [5.41, 5.74) is 3.09. The lowest BCUT2D eigenvalue weighted by atomic mass is 9.95. The van der Waals surface area contributed by atoms with Crippen LogP contribution in [-0.2, 0) is 12.8 Å². The lowest BCUT2D eigenvalue weighted by Gasteiger charge is -2.34. The van der Waals surface area contributed by atoms with E-state index in [1.165, 1.54) is 0 Å². The highest BCUT2D eigenvalue weighted by Gasteiger charge is 2.30. The molecule has 2 aromatic rings. The molecule has 1 aliphatic carbocycles. The Kier molecular flexibility index (Phi) is 5.10. The second-order valence-corrected chi connectivity index (χ2v) is 7.71. The van der Waals surface area contributed by atoms with Crippen molar-refractivity contribution in [3.63, 3.8) is 0 Å². The monoisotopic (exact) mass is 406 g/mol. The molecule has 2 amide bonds. The molecule has 142 valence electrons. The topological polar surface area (TPSA) is 69.3 Å². The molecule has 6 nitrogen and oxygen atoms in total. The van der Waals surface area contributed by atoms with Crippen molar-refractivity contribution in [1.29, 1.82) is 0 Å². The summed E-state index contributed by atoms with van der Waals surface area (Å²) in [5, 5.41) is 7.91. The number of aromatic nitrogens is 2. The van der Waals surface area contributed by atoms with E-state index in [4.69, 9.17) is 23.2 Å². The van der Waals surface area contributed by atoms with Crippen LogP contribution in [0.4, 0.5) is 0 Å². The fourth-order valence-electron chi connectivity index (χ4n) is 3.76. The maximum absolute atomic E-state index is 12.9. The van der Waals surface area contributed by atoms with E-state index in [1.807, 2.05) is 0 Å². The molecule has 1 N–H and O–H groups in total. The average Bonchev–Trinajstić information content (AvgIpc) is 3.13. The number of aryl methyl sites for hydroxylation is 1. The van der Waals surface area contributed by atoms with Crippen LogP contribution < -0.4 is 0 Å². The van der Waals surface area contributed by atoms with Gasteiger partial charge in [-0.05, 0) is 37.8 Å². The zero-order chi connectivity index (χ0) is 19.0. The molecule has 0 radical (unpaired) electrons. The predicted octanol–water partition coefficient (Wildman–Crippen LogP) is 3.19. The molecule has 1 aromatic carbocycles. The molecular formula is C19H20Cl2N4O2. The molecule has 2 heterocycles. The Balaban J connectivity index is 1.43. The lowest BCUT2D eigenvalue weighted by molar-refractivity contribution is 0.0531. The van der Waals surface area contributed by atoms with Crippen LogP contribution in [0, 0.1) is 0 Å². The lowest BCUT2D eigenvalue weighted by Crippen LogP contribution is -2.50. The number of amides is 2. The number of carbonyl (C=O) groups is 2. The van der Waals surface area contributed by atoms with Gasteiger partial charge in [-0.2, -0.15) is 5.10 Å². The number of hydrogen-bond donors (Lipinski definition) is 1. The number of rotatable bonds is 2. The predicted molar refractivity (Wildman–Crippen MR) is 103 cm³/mol. The fourth-order valence-corrected chi connectivity index (χ4v) is 4.14. The summed E-state index contributed by atoms with van der Waals surface area (Å²) in [6.45, 7) is 1.87. The van der Waals surface area contributed by atoms with Gasteiger partial charge in [0.15, 0.2) is 5.69 Å². The van der Waals surface area contributed by atoms with Crippen molar-refractivity contribution >= 4 is 35.0 Å². The van der Waals surface area contributed by atoms with E-state index in [0.29, 0.717) is 42.5 Å². The van der Waals surface area contributed by atoms with E-state index < -0.39 is 0 Å². The molecule has 27 heavy (non-hydrogen) atoms. The first-order valence-electron chi connectivity index (χ1n) is 9.15. The molecule has 1 saturated heterocycles. The van der Waals surface area contributed by atoms with Gasteiger partial charge in [0.05, 0.1) is 15.6 Å². The van der Waals surface area contributed by atoms with Crippen LogP contribution in [-0.4, -0.2) is 58.0 Å². The molecule has 0 spiro atoms. The van der Waals surface area contributed by atoms with Gasteiger partial charge in [0.2, 0.25) is 0 Å². The first-order valence-corrected chi connectivity index (χ1v) is 9.90. The number of nitrogens with one attached hydrogen (secondary N) is 1. The number of carbonyl (C=O) groups excluding carboxylic acids is 2. The van der Waals surface area contributed by atoms with Crippen LogP contribution >= 0.6 is 23.2 Å². The second-order valence-electron chi connectivity index (χ2n) is 6.92. The van der Waals surface area contributed by atoms with Gasteiger partial charge in [-0.1, -0.05) is 29.3 Å². The quantitative estimate of drug-likeness (QED) is 0.832. The Morgan fingerprint density at radius 3 is 2.37 bits per heavy atom. The van der Waals surface area contributed by atoms with Crippen molar-refractivity contribution in [3.05, 3.63) is 50.8 Å². The highest BCUT2D eigenvalue weighted by Crippen LogP contribution is 2.27. The number of benzene rings is 1. The van der Waals surface area contributed by atoms with E-state index in [1.54, 1.807) is 28.0 Å². The van der Waals surface area contributed by atoms with Crippen LogP contribution in [0.15, 0.2) is 18.2 Å². The van der Waals surface area contributed by atoms with Crippen molar-refractivity contribution in [1.82, 2.24) is 20.0 Å². The van der Waals surface area contributed by atoms with Crippen molar-refractivity contribution in [3.8, 4) is 0 Å². The largest absolute Gasteiger partial charge is 0.335 e. The fraction of sp³-hybridized carbons (Fsp3) is 0.421. The summed E-state index contributed by atoms with van der Waals surface area (Å²) >= 11 is 12.2. The summed E-state index contributed by atoms with van der Waals surface area (Å²) in [5.74, 6) is -0.214. The van der Waals surface area contributed by atoms with E-state index in [0.717, 1.165) is 36.9 Å². The average molecular weight is 407 g/mol. The third-order valence-corrected chi connectivity index (χ3v) is 6.11. The van der Waals surface area contributed by atoms with E-state index in [9.17, 15) is 9.59 Å². The van der Waals surface area contributed by atoms with Crippen molar-refractivity contribution in [2.45, 2.75) is 25.7 Å². The summed E-state index contributed by atoms with van der Waals surface area (Å²) in [7, 11) is 0. The Bertz CT molecular complexity index is 888. The Morgan fingerprint density at radius 1 is 0.963 bits per heavy atom. The van der Waals surface area contributed by atoms with Crippen LogP contribution in [0.2, 0.25) is 10.0 Å². The highest BCUT2D eigenvalue weighted by atomic mass is 35.5. The standard InChI is InChI=1S/C19H20Cl2N4O2/c20-14-6-3-5-13(16(14)21)18(26)24-8-10-25(11-9-24)19(27)17-12-4-1-2-7-15(12)22-23-17/h3,5-6H,1-2,4,7-11H2,(H,22,23). The molecule has 2 aliphatic rings. The normalized spacial score (nSPS) is 17.0. The molecule has 1 aromatic heterocycles. The Labute approximate surface area is 167 Å². The Hall–Kier alpha value is -2.05. The minimum Gasteiger partial charge on any atom is -0.335 e. The molecule has 0 saturated carbocycles. The first kappa shape index (κ1) is 18.3. The zero-order valence-corrected chi connectivity index (χ0v) is 16.3. The third kappa shape index (κ3) is 3.44. The molecule has 1 fully saturated rings. The number of fused-ring (bicyclic) bond motifs is 1. The zero-order valence-electron chi connectivity index (χ0n) is 14.8. The molecule has 8 heteroatoms. The summed E-state index contributed by atoms with van der Waals surface area (Å²) in [6, 6.07) is 5.04. The summed E-state index contributed by atoms with van der Waals surface area (Å²) < 4.78 is 0. The Morgan fingerprint density at radius 2 is 1.63 bits per heavy atom. The van der Waals surface area contributed by atoms with Crippen LogP contribution in [0.1, 0.15) is 44.9 Å². The van der Waals surface area contributed by atoms with Gasteiger partial charge in [-0.3, -0.25) is 14.7 Å². The number of halogens is 2. The first-order chi connectivity index (χ1) is 13.1. The van der Waals surface area contributed by atoms with Gasteiger partial charge in [0.1, 0.15) is 0 Å². The van der Waals surface area contributed by atoms with Crippen LogP contribution in [0.3, 0.4) is 0 Å². The summed E-state index contributed by atoms with van der Waals surface area (Å²) in [4.78, 5) is 29.1. The van der Waals surface area contributed by atoms with Crippen LogP contribution in [0.5, 0.6) is 0 Å². The minimum absolute atomic E-state index is 0.0534. The van der Waals surface area contributed by atoms with Crippen molar-refractivity contribution < 1.29 is 9.59 Å².